The van der Waals surface area contributed by atoms with Crippen LogP contribution in [0.3, 0.4) is 0 Å². The molecule has 0 aromatic carbocycles. The molecular formula is C68H106O6. The molecule has 6 nitrogen and oxygen atoms in total. The molecule has 0 aliphatic heterocycles. The topological polar surface area (TPSA) is 78.9 Å². The molecular weight excluding hydrogens is 913 g/mol. The first-order valence-electron chi connectivity index (χ1n) is 29.5. The monoisotopic (exact) mass is 1020 g/mol. The van der Waals surface area contributed by atoms with Gasteiger partial charge in [-0.1, -0.05) is 237 Å². The molecule has 0 aliphatic rings. The minimum Gasteiger partial charge on any atom is -0.462 e. The highest BCUT2D eigenvalue weighted by molar-refractivity contribution is 5.71. The van der Waals surface area contributed by atoms with Crippen LogP contribution in [0.4, 0.5) is 0 Å². The van der Waals surface area contributed by atoms with Gasteiger partial charge in [0, 0.05) is 19.3 Å². The van der Waals surface area contributed by atoms with Crippen LogP contribution in [0, 0.1) is 0 Å². The Morgan fingerprint density at radius 2 is 0.554 bits per heavy atom. The van der Waals surface area contributed by atoms with E-state index in [1.165, 1.54) is 51.4 Å². The molecule has 74 heavy (non-hydrogen) atoms. The van der Waals surface area contributed by atoms with Crippen molar-refractivity contribution in [3.8, 4) is 0 Å². The summed E-state index contributed by atoms with van der Waals surface area (Å²) in [4.78, 5) is 38.1. The molecule has 0 saturated heterocycles. The number of hydrogen-bond donors (Lipinski definition) is 0. The molecule has 0 saturated carbocycles. The zero-order chi connectivity index (χ0) is 53.6. The molecule has 0 spiro atoms. The number of hydrogen-bond acceptors (Lipinski definition) is 6. The highest BCUT2D eigenvalue weighted by Gasteiger charge is 2.19. The first-order valence-corrected chi connectivity index (χ1v) is 29.5. The molecule has 6 heteroatoms. The average molecular weight is 1020 g/mol. The van der Waals surface area contributed by atoms with Crippen LogP contribution in [0.15, 0.2) is 158 Å². The molecule has 0 radical (unpaired) electrons. The predicted molar refractivity (Wildman–Crippen MR) is 320 cm³/mol. The average Bonchev–Trinajstić information content (AvgIpc) is 3.40. The van der Waals surface area contributed by atoms with Gasteiger partial charge in [-0.05, 0) is 135 Å². The zero-order valence-electron chi connectivity index (χ0n) is 47.3. The number of esters is 3. The molecule has 0 aromatic heterocycles. The van der Waals surface area contributed by atoms with Crippen LogP contribution in [-0.4, -0.2) is 37.2 Å². The third kappa shape index (κ3) is 57.9. The van der Waals surface area contributed by atoms with Crippen LogP contribution in [0.25, 0.3) is 0 Å². The van der Waals surface area contributed by atoms with Crippen molar-refractivity contribution in [1.29, 1.82) is 0 Å². The highest BCUT2D eigenvalue weighted by atomic mass is 16.6. The Hall–Kier alpha value is -4.97. The molecule has 0 amide bonds. The minimum absolute atomic E-state index is 0.128. The van der Waals surface area contributed by atoms with Crippen molar-refractivity contribution in [2.24, 2.45) is 0 Å². The van der Waals surface area contributed by atoms with Crippen molar-refractivity contribution in [2.75, 3.05) is 13.2 Å². The smallest absolute Gasteiger partial charge is 0.306 e. The van der Waals surface area contributed by atoms with Crippen molar-refractivity contribution < 1.29 is 28.6 Å². The van der Waals surface area contributed by atoms with Crippen LogP contribution < -0.4 is 0 Å². The van der Waals surface area contributed by atoms with Crippen molar-refractivity contribution in [1.82, 2.24) is 0 Å². The number of allylic oxidation sites excluding steroid dienone is 26. The summed E-state index contributed by atoms with van der Waals surface area (Å²) in [6, 6.07) is 0. The molecule has 0 N–H and O–H groups in total. The van der Waals surface area contributed by atoms with E-state index in [9.17, 15) is 14.4 Å². The molecule has 0 bridgehead atoms. The molecule has 0 aromatic rings. The standard InChI is InChI=1S/C68H106O6/c1-4-7-10-13-16-19-22-25-27-29-31-32-33-34-35-36-37-39-40-43-46-49-52-55-58-61-67(70)73-64-65(63-72-66(69)60-57-54-51-48-45-42-24-21-18-15-12-9-6-3)74-68(71)62-59-56-53-50-47-44-41-38-30-28-26-23-20-17-14-11-8-5-2/h7,9-10,12,16,18-21,23,25,27-28,30-32,34-35,37,39,42-43,45-46,51,54,65H,4-6,8,11,13-15,17,22,24,26,29,33,36,38,40-41,44,47-50,52-53,55-64H2,1-3H3/b10-7-,12-9-,19-16-,21-18-,23-20-,27-25-,30-28-,32-31-,35-34-,39-37-,45-42-,46-43-,54-51-. The van der Waals surface area contributed by atoms with Gasteiger partial charge in [0.05, 0.1) is 0 Å². The van der Waals surface area contributed by atoms with E-state index in [1.54, 1.807) is 0 Å². The number of unbranched alkanes of at least 4 members (excludes halogenated alkanes) is 14. The van der Waals surface area contributed by atoms with Crippen molar-refractivity contribution in [3.63, 3.8) is 0 Å². The predicted octanol–water partition coefficient (Wildman–Crippen LogP) is 20.1. The van der Waals surface area contributed by atoms with Crippen LogP contribution in [0.1, 0.15) is 233 Å². The van der Waals surface area contributed by atoms with Gasteiger partial charge in [-0.15, -0.1) is 0 Å². The summed E-state index contributed by atoms with van der Waals surface area (Å²) in [6.07, 6.45) is 88.2. The fourth-order valence-electron chi connectivity index (χ4n) is 7.41. The third-order valence-electron chi connectivity index (χ3n) is 11.8. The SMILES string of the molecule is CC/C=C\C/C=C\C/C=C\C/C=C\C/C=C\C/C=C\C/C=C\CCCCCC(=O)OCC(COC(=O)CC/C=C\C/C=C\C/C=C\C/C=C\CC)OC(=O)CCCCCCCCC/C=C\C/C=C\CCCCCC. The third-order valence-corrected chi connectivity index (χ3v) is 11.8. The van der Waals surface area contributed by atoms with E-state index < -0.39 is 6.10 Å². The Bertz CT molecular complexity index is 1690. The van der Waals surface area contributed by atoms with Gasteiger partial charge in [0.2, 0.25) is 0 Å². The normalized spacial score (nSPS) is 13.3. The van der Waals surface area contributed by atoms with Gasteiger partial charge >= 0.3 is 17.9 Å². The van der Waals surface area contributed by atoms with Gasteiger partial charge in [-0.2, -0.15) is 0 Å². The summed E-state index contributed by atoms with van der Waals surface area (Å²) < 4.78 is 16.8. The lowest BCUT2D eigenvalue weighted by Gasteiger charge is -2.18. The fraction of sp³-hybridized carbons (Fsp3) is 0.574. The van der Waals surface area contributed by atoms with Gasteiger partial charge in [0.25, 0.3) is 0 Å². The lowest BCUT2D eigenvalue weighted by molar-refractivity contribution is -0.166. The zero-order valence-corrected chi connectivity index (χ0v) is 47.3. The summed E-state index contributed by atoms with van der Waals surface area (Å²) in [5, 5.41) is 0. The quantitative estimate of drug-likeness (QED) is 0.0261. The van der Waals surface area contributed by atoms with E-state index in [0.717, 1.165) is 135 Å². The fourth-order valence-corrected chi connectivity index (χ4v) is 7.41. The van der Waals surface area contributed by atoms with Crippen molar-refractivity contribution >= 4 is 17.9 Å². The van der Waals surface area contributed by atoms with E-state index >= 15 is 0 Å². The first-order chi connectivity index (χ1) is 36.5. The Morgan fingerprint density at radius 1 is 0.284 bits per heavy atom. The molecule has 1 unspecified atom stereocenters. The van der Waals surface area contributed by atoms with Gasteiger partial charge in [0.15, 0.2) is 6.10 Å². The van der Waals surface area contributed by atoms with Crippen molar-refractivity contribution in [2.45, 2.75) is 239 Å². The van der Waals surface area contributed by atoms with E-state index in [1.807, 2.05) is 12.2 Å². The van der Waals surface area contributed by atoms with Gasteiger partial charge < -0.3 is 14.2 Å². The van der Waals surface area contributed by atoms with Crippen LogP contribution in [-0.2, 0) is 28.6 Å². The van der Waals surface area contributed by atoms with Crippen LogP contribution >= 0.6 is 0 Å². The van der Waals surface area contributed by atoms with Crippen LogP contribution in [0.5, 0.6) is 0 Å². The minimum atomic E-state index is -0.834. The Labute approximate surface area is 454 Å². The molecule has 0 fully saturated rings. The lowest BCUT2D eigenvalue weighted by Crippen LogP contribution is -2.30. The second-order valence-electron chi connectivity index (χ2n) is 18.8. The molecule has 0 rings (SSSR count). The van der Waals surface area contributed by atoms with E-state index in [0.29, 0.717) is 12.8 Å². The Balaban J connectivity index is 4.52. The van der Waals surface area contributed by atoms with Crippen LogP contribution in [0.2, 0.25) is 0 Å². The number of ether oxygens (including phenoxy) is 3. The summed E-state index contributed by atoms with van der Waals surface area (Å²) in [5.74, 6) is -1.06. The Kier molecular flexibility index (Phi) is 56.5. The van der Waals surface area contributed by atoms with E-state index in [2.05, 4.69) is 167 Å². The van der Waals surface area contributed by atoms with Gasteiger partial charge in [-0.25, -0.2) is 0 Å². The summed E-state index contributed by atoms with van der Waals surface area (Å²) in [5.41, 5.74) is 0. The highest BCUT2D eigenvalue weighted by Crippen LogP contribution is 2.13. The largest absolute Gasteiger partial charge is 0.462 e. The van der Waals surface area contributed by atoms with Crippen molar-refractivity contribution in [3.05, 3.63) is 158 Å². The number of carbonyl (C=O) groups excluding carboxylic acids is 3. The number of rotatable bonds is 51. The first kappa shape index (κ1) is 69.0. The summed E-state index contributed by atoms with van der Waals surface area (Å²) in [6.45, 7) is 6.28. The molecule has 0 heterocycles. The lowest BCUT2D eigenvalue weighted by atomic mass is 10.1. The van der Waals surface area contributed by atoms with E-state index in [4.69, 9.17) is 14.2 Å². The maximum atomic E-state index is 12.9. The van der Waals surface area contributed by atoms with Gasteiger partial charge in [0.1, 0.15) is 13.2 Å². The summed E-state index contributed by atoms with van der Waals surface area (Å²) in [7, 11) is 0. The maximum Gasteiger partial charge on any atom is 0.306 e. The second-order valence-corrected chi connectivity index (χ2v) is 18.8. The Morgan fingerprint density at radius 3 is 0.919 bits per heavy atom. The summed E-state index contributed by atoms with van der Waals surface area (Å²) >= 11 is 0. The molecule has 0 aliphatic carbocycles. The maximum absolute atomic E-state index is 12.9. The second kappa shape index (κ2) is 60.6. The molecule has 1 atom stereocenters. The van der Waals surface area contributed by atoms with Gasteiger partial charge in [-0.3, -0.25) is 14.4 Å². The molecule has 414 valence electrons. The number of carbonyl (C=O) groups is 3. The van der Waals surface area contributed by atoms with E-state index in [-0.39, 0.29) is 44.0 Å².